The highest BCUT2D eigenvalue weighted by atomic mass is 16.5. The maximum absolute atomic E-state index is 11.9. The van der Waals surface area contributed by atoms with Gasteiger partial charge in [0.2, 0.25) is 5.91 Å². The minimum atomic E-state index is 0.120. The zero-order valence-corrected chi connectivity index (χ0v) is 15.2. The molecule has 1 N–H and O–H groups in total. The molecule has 0 spiro atoms. The van der Waals surface area contributed by atoms with Crippen LogP contribution in [0.25, 0.3) is 0 Å². The van der Waals surface area contributed by atoms with Gasteiger partial charge in [0, 0.05) is 39.1 Å². The summed E-state index contributed by atoms with van der Waals surface area (Å²) in [5, 5.41) is 2.96. The fourth-order valence-electron chi connectivity index (χ4n) is 2.90. The second-order valence-electron chi connectivity index (χ2n) is 6.41. The zero-order chi connectivity index (χ0) is 17.5. The highest BCUT2D eigenvalue weighted by Crippen LogP contribution is 2.33. The Hall–Kier alpha value is -1.79. The number of ether oxygens (including phenoxy) is 2. The van der Waals surface area contributed by atoms with Crippen LogP contribution in [0.15, 0.2) is 12.1 Å². The van der Waals surface area contributed by atoms with Crippen LogP contribution in [0.2, 0.25) is 0 Å². The summed E-state index contributed by atoms with van der Waals surface area (Å²) in [4.78, 5) is 16.3. The lowest BCUT2D eigenvalue weighted by Gasteiger charge is -2.29. The summed E-state index contributed by atoms with van der Waals surface area (Å²) >= 11 is 0. The number of carbonyl (C=O) groups is 1. The molecular formula is C18H29N3O3. The molecule has 1 amide bonds. The third kappa shape index (κ3) is 5.11. The Bertz CT molecular complexity index is 561. The summed E-state index contributed by atoms with van der Waals surface area (Å²) in [5.41, 5.74) is 2.56. The maximum atomic E-state index is 11.9. The van der Waals surface area contributed by atoms with Gasteiger partial charge in [-0.05, 0) is 43.8 Å². The first kappa shape index (κ1) is 18.5. The minimum Gasteiger partial charge on any atom is -0.493 e. The minimum absolute atomic E-state index is 0.120. The van der Waals surface area contributed by atoms with Crippen LogP contribution in [0, 0.1) is 0 Å². The van der Waals surface area contributed by atoms with Crippen LogP contribution in [-0.4, -0.2) is 70.2 Å². The molecule has 2 rings (SSSR count). The number of amides is 1. The van der Waals surface area contributed by atoms with Crippen molar-refractivity contribution in [2.24, 2.45) is 0 Å². The number of hydrogen-bond acceptors (Lipinski definition) is 5. The van der Waals surface area contributed by atoms with Crippen LogP contribution >= 0.6 is 0 Å². The summed E-state index contributed by atoms with van der Waals surface area (Å²) < 4.78 is 10.8. The second-order valence-corrected chi connectivity index (χ2v) is 6.41. The van der Waals surface area contributed by atoms with Crippen molar-refractivity contribution >= 4 is 5.91 Å². The van der Waals surface area contributed by atoms with E-state index in [9.17, 15) is 4.79 Å². The summed E-state index contributed by atoms with van der Waals surface area (Å²) in [6, 6.07) is 4.12. The average Bonchev–Trinajstić information content (AvgIpc) is 2.58. The van der Waals surface area contributed by atoms with Crippen molar-refractivity contribution in [3.05, 3.63) is 23.3 Å². The molecule has 1 aliphatic heterocycles. The van der Waals surface area contributed by atoms with E-state index in [1.165, 1.54) is 11.1 Å². The third-order valence-corrected chi connectivity index (χ3v) is 4.33. The van der Waals surface area contributed by atoms with Gasteiger partial charge in [-0.3, -0.25) is 9.69 Å². The second kappa shape index (κ2) is 8.89. The van der Waals surface area contributed by atoms with Gasteiger partial charge in [-0.2, -0.15) is 0 Å². The first-order chi connectivity index (χ1) is 11.5. The fraction of sp³-hybridized carbons (Fsp3) is 0.611. The number of fused-ring (bicyclic) bond motifs is 1. The number of likely N-dealkylation sites (N-methyl/N-ethyl adjacent to an activating group) is 1. The number of carbonyl (C=O) groups excluding carboxylic acids is 1. The molecule has 0 radical (unpaired) electrons. The number of hydrogen-bond donors (Lipinski definition) is 1. The molecule has 1 aromatic rings. The average molecular weight is 335 g/mol. The van der Waals surface area contributed by atoms with Gasteiger partial charge in [0.05, 0.1) is 14.2 Å². The molecule has 0 atom stereocenters. The standard InChI is InChI=1S/C18H29N3O3/c1-20(2)10-7-19-18(22)6-9-21-8-5-14-11-16(23-3)17(24-4)12-15(14)13-21/h11-12H,5-10,13H2,1-4H3,(H,19,22). The van der Waals surface area contributed by atoms with Crippen molar-refractivity contribution in [2.75, 3.05) is 54.5 Å². The number of rotatable bonds is 8. The molecule has 24 heavy (non-hydrogen) atoms. The van der Waals surface area contributed by atoms with Crippen LogP contribution in [0.3, 0.4) is 0 Å². The normalized spacial score (nSPS) is 14.4. The Balaban J connectivity index is 1.85. The highest BCUT2D eigenvalue weighted by Gasteiger charge is 2.19. The largest absolute Gasteiger partial charge is 0.493 e. The van der Waals surface area contributed by atoms with Gasteiger partial charge in [0.25, 0.3) is 0 Å². The van der Waals surface area contributed by atoms with Crippen molar-refractivity contribution in [1.82, 2.24) is 15.1 Å². The van der Waals surface area contributed by atoms with Gasteiger partial charge >= 0.3 is 0 Å². The predicted octanol–water partition coefficient (Wildman–Crippen LogP) is 1.13. The van der Waals surface area contributed by atoms with E-state index in [1.807, 2.05) is 14.1 Å². The molecule has 0 fully saturated rings. The molecule has 0 unspecified atom stereocenters. The van der Waals surface area contributed by atoms with E-state index >= 15 is 0 Å². The van der Waals surface area contributed by atoms with Gasteiger partial charge in [0.15, 0.2) is 11.5 Å². The van der Waals surface area contributed by atoms with E-state index in [4.69, 9.17) is 9.47 Å². The topological polar surface area (TPSA) is 54.0 Å². The third-order valence-electron chi connectivity index (χ3n) is 4.33. The Morgan fingerprint density at radius 2 is 1.88 bits per heavy atom. The van der Waals surface area contributed by atoms with Crippen molar-refractivity contribution in [3.8, 4) is 11.5 Å². The molecule has 0 saturated heterocycles. The van der Waals surface area contributed by atoms with Gasteiger partial charge in [-0.15, -0.1) is 0 Å². The number of benzene rings is 1. The van der Waals surface area contributed by atoms with Crippen LogP contribution in [0.5, 0.6) is 11.5 Å². The lowest BCUT2D eigenvalue weighted by Crippen LogP contribution is -2.36. The van der Waals surface area contributed by atoms with E-state index in [2.05, 4.69) is 27.2 Å². The van der Waals surface area contributed by atoms with Crippen LogP contribution in [-0.2, 0) is 17.8 Å². The molecule has 6 nitrogen and oxygen atoms in total. The number of methoxy groups -OCH3 is 2. The molecule has 0 saturated carbocycles. The van der Waals surface area contributed by atoms with Crippen molar-refractivity contribution in [1.29, 1.82) is 0 Å². The maximum Gasteiger partial charge on any atom is 0.221 e. The quantitative estimate of drug-likeness (QED) is 0.772. The highest BCUT2D eigenvalue weighted by molar-refractivity contribution is 5.76. The van der Waals surface area contributed by atoms with E-state index in [-0.39, 0.29) is 5.91 Å². The summed E-state index contributed by atoms with van der Waals surface area (Å²) in [5.74, 6) is 1.67. The Kier molecular flexibility index (Phi) is 6.87. The summed E-state index contributed by atoms with van der Waals surface area (Å²) in [7, 11) is 7.32. The molecule has 134 valence electrons. The molecule has 0 aliphatic carbocycles. The number of nitrogens with zero attached hydrogens (tertiary/aromatic N) is 2. The Morgan fingerprint density at radius 1 is 1.21 bits per heavy atom. The molecule has 0 aromatic heterocycles. The molecule has 1 aromatic carbocycles. The van der Waals surface area contributed by atoms with E-state index in [0.29, 0.717) is 13.0 Å². The van der Waals surface area contributed by atoms with Gasteiger partial charge < -0.3 is 19.7 Å². The van der Waals surface area contributed by atoms with E-state index in [1.54, 1.807) is 14.2 Å². The number of nitrogens with one attached hydrogen (secondary N) is 1. The first-order valence-electron chi connectivity index (χ1n) is 8.41. The van der Waals surface area contributed by atoms with Gasteiger partial charge in [0.1, 0.15) is 0 Å². The van der Waals surface area contributed by atoms with Crippen LogP contribution in [0.4, 0.5) is 0 Å². The smallest absolute Gasteiger partial charge is 0.221 e. The Labute approximate surface area is 144 Å². The lowest BCUT2D eigenvalue weighted by molar-refractivity contribution is -0.121. The zero-order valence-electron chi connectivity index (χ0n) is 15.2. The predicted molar refractivity (Wildman–Crippen MR) is 94.7 cm³/mol. The van der Waals surface area contributed by atoms with Crippen molar-refractivity contribution in [2.45, 2.75) is 19.4 Å². The lowest BCUT2D eigenvalue weighted by atomic mass is 9.98. The SMILES string of the molecule is COc1cc2c(cc1OC)CN(CCC(=O)NCCN(C)C)CC2. The summed E-state index contributed by atoms with van der Waals surface area (Å²) in [6.45, 7) is 4.16. The molecule has 0 bridgehead atoms. The molecule has 1 heterocycles. The summed E-state index contributed by atoms with van der Waals surface area (Å²) in [6.07, 6.45) is 1.51. The molecular weight excluding hydrogens is 306 g/mol. The van der Waals surface area contributed by atoms with Crippen LogP contribution in [0.1, 0.15) is 17.5 Å². The van der Waals surface area contributed by atoms with Crippen molar-refractivity contribution in [3.63, 3.8) is 0 Å². The molecule has 1 aliphatic rings. The Morgan fingerprint density at radius 3 is 2.50 bits per heavy atom. The first-order valence-corrected chi connectivity index (χ1v) is 8.41. The molecule has 6 heteroatoms. The van der Waals surface area contributed by atoms with Crippen LogP contribution < -0.4 is 14.8 Å². The van der Waals surface area contributed by atoms with E-state index < -0.39 is 0 Å². The van der Waals surface area contributed by atoms with Gasteiger partial charge in [-0.1, -0.05) is 0 Å². The monoisotopic (exact) mass is 335 g/mol. The van der Waals surface area contributed by atoms with Gasteiger partial charge in [-0.25, -0.2) is 0 Å². The van der Waals surface area contributed by atoms with Crippen molar-refractivity contribution < 1.29 is 14.3 Å². The fourth-order valence-corrected chi connectivity index (χ4v) is 2.90. The van der Waals surface area contributed by atoms with E-state index in [0.717, 1.165) is 44.1 Å².